The van der Waals surface area contributed by atoms with Gasteiger partial charge in [-0.15, -0.1) is 0 Å². The highest BCUT2D eigenvalue weighted by atomic mass is 28.1. The molecule has 1 aliphatic rings. The highest BCUT2D eigenvalue weighted by molar-refractivity contribution is 6.66. The maximum absolute atomic E-state index is 5.35. The van der Waals surface area contributed by atoms with Crippen LogP contribution in [0, 0.1) is 0 Å². The Morgan fingerprint density at radius 1 is 1.67 bits per heavy atom. The summed E-state index contributed by atoms with van der Waals surface area (Å²) in [5.74, 6) is 0. The molecule has 2 N–H and O–H groups in total. The van der Waals surface area contributed by atoms with Crippen molar-refractivity contribution in [1.29, 1.82) is 0 Å². The molecule has 0 bridgehead atoms. The molecule has 0 saturated heterocycles. The Hall–Kier alpha value is -0.503. The van der Waals surface area contributed by atoms with Gasteiger partial charge in [0.2, 0.25) is 0 Å². The third-order valence-corrected chi connectivity index (χ3v) is 1.48. The fourth-order valence-electron chi connectivity index (χ4n) is 0.344. The van der Waals surface area contributed by atoms with Crippen molar-refractivity contribution in [3.05, 3.63) is 12.2 Å². The minimum Gasteiger partial charge on any atom is -0.397 e. The van der Waals surface area contributed by atoms with Crippen LogP contribution in [0.1, 0.15) is 0 Å². The van der Waals surface area contributed by atoms with Gasteiger partial charge < -0.3 is 5.73 Å². The Balaban J connectivity index is 2.98. The smallest absolute Gasteiger partial charge is 0.0436 e. The molecule has 1 nitrogen and oxygen atoms in total. The van der Waals surface area contributed by atoms with Crippen LogP contribution in [0.4, 0.5) is 0 Å². The highest BCUT2D eigenvalue weighted by Crippen LogP contribution is 1.67. The first-order valence-corrected chi connectivity index (χ1v) is 2.86. The van der Waals surface area contributed by atoms with E-state index in [-0.39, 0.29) is 0 Å². The van der Waals surface area contributed by atoms with Crippen molar-refractivity contribution in [2.45, 2.75) is 0 Å². The topological polar surface area (TPSA) is 26.0 Å². The molecule has 6 heavy (non-hydrogen) atoms. The summed E-state index contributed by atoms with van der Waals surface area (Å²) in [5, 5.41) is 0.995. The molecule has 0 aliphatic carbocycles. The van der Waals surface area contributed by atoms with E-state index in [2.05, 4.69) is 5.67 Å². The summed E-state index contributed by atoms with van der Waals surface area (Å²) in [6.45, 7) is 0. The van der Waals surface area contributed by atoms with Crippen LogP contribution >= 0.6 is 0 Å². The average Bonchev–Trinajstić information content (AvgIpc) is 1.86. The van der Waals surface area contributed by atoms with Crippen molar-refractivity contribution in [2.24, 2.45) is 5.73 Å². The van der Waals surface area contributed by atoms with E-state index in [0.29, 0.717) is 0 Å². The summed E-state index contributed by atoms with van der Waals surface area (Å²) in [6, 6.07) is 0. The molecular weight excluding hydrogens is 90.1 g/mol. The Morgan fingerprint density at radius 2 is 2.50 bits per heavy atom. The molecule has 0 aromatic rings. The van der Waals surface area contributed by atoms with E-state index in [1.807, 2.05) is 12.2 Å². The van der Waals surface area contributed by atoms with E-state index in [4.69, 9.17) is 5.73 Å². The predicted octanol–water partition coefficient (Wildman–Crippen LogP) is -0.849. The molecule has 0 atom stereocenters. The van der Waals surface area contributed by atoms with Gasteiger partial charge in [0.1, 0.15) is 0 Å². The monoisotopic (exact) mass is 95.0 g/mol. The largest absolute Gasteiger partial charge is 0.397 e. The molecule has 30 valence electrons. The molecule has 1 heterocycles. The second kappa shape index (κ2) is 1.30. The van der Waals surface area contributed by atoms with Crippen LogP contribution in [0.2, 0.25) is 0 Å². The zero-order valence-electron chi connectivity index (χ0n) is 3.31. The number of rotatable bonds is 0. The standard InChI is InChI=1S/C4H5NSi/c5-4-2-1-3-6-4/h1-3H,5H2. The first kappa shape index (κ1) is 3.68. The molecule has 0 aromatic heterocycles. The molecule has 2 heteroatoms. The van der Waals surface area contributed by atoms with Gasteiger partial charge in [-0.05, 0) is 20.5 Å². The maximum Gasteiger partial charge on any atom is 0.0436 e. The number of hydrogen-bond donors (Lipinski definition) is 1. The Bertz CT molecular complexity index is 140. The van der Waals surface area contributed by atoms with Gasteiger partial charge in [-0.2, -0.15) is 0 Å². The fourth-order valence-corrected chi connectivity index (χ4v) is 0.922. The van der Waals surface area contributed by atoms with Gasteiger partial charge in [-0.1, -0.05) is 6.08 Å². The predicted molar refractivity (Wildman–Crippen MR) is 30.2 cm³/mol. The minimum absolute atomic E-state index is 0.741. The van der Waals surface area contributed by atoms with E-state index in [9.17, 15) is 0 Å². The lowest BCUT2D eigenvalue weighted by atomic mass is 10.5. The van der Waals surface area contributed by atoms with Crippen LogP contribution in [0.15, 0.2) is 12.2 Å². The first-order chi connectivity index (χ1) is 2.89. The van der Waals surface area contributed by atoms with Crippen LogP contribution in [0.5, 0.6) is 0 Å². The summed E-state index contributed by atoms with van der Waals surface area (Å²) in [7, 11) is 0.741. The van der Waals surface area contributed by atoms with E-state index in [1.54, 1.807) is 0 Å². The molecule has 1 aliphatic heterocycles. The third-order valence-electron chi connectivity index (χ3n) is 0.622. The molecule has 1 rings (SSSR count). The summed E-state index contributed by atoms with van der Waals surface area (Å²) < 4.78 is 0. The van der Waals surface area contributed by atoms with Gasteiger partial charge in [0.25, 0.3) is 0 Å². The molecule has 0 radical (unpaired) electrons. The molecule has 0 aromatic carbocycles. The number of nitrogens with two attached hydrogens (primary N) is 1. The van der Waals surface area contributed by atoms with E-state index >= 15 is 0 Å². The second-order valence-corrected chi connectivity index (χ2v) is 2.32. The van der Waals surface area contributed by atoms with Crippen molar-refractivity contribution < 1.29 is 0 Å². The van der Waals surface area contributed by atoms with Gasteiger partial charge >= 0.3 is 0 Å². The van der Waals surface area contributed by atoms with Crippen LogP contribution in [-0.4, -0.2) is 19.7 Å². The molecule has 0 unspecified atom stereocenters. The first-order valence-electron chi connectivity index (χ1n) is 1.78. The molecule has 0 amide bonds. The zero-order chi connectivity index (χ0) is 4.41. The molecular formula is C4H5NSi. The van der Waals surface area contributed by atoms with Gasteiger partial charge in [-0.25, -0.2) is 0 Å². The summed E-state index contributed by atoms with van der Waals surface area (Å²) in [4.78, 5) is 0. The number of allylic oxidation sites excluding steroid dienone is 1. The SMILES string of the molecule is NC1=[Si]=CC=C1. The van der Waals surface area contributed by atoms with Crippen LogP contribution in [-0.2, 0) is 0 Å². The van der Waals surface area contributed by atoms with Crippen LogP contribution in [0.3, 0.4) is 0 Å². The molecule has 0 fully saturated rings. The number of hydrogen-bond acceptors (Lipinski definition) is 1. The van der Waals surface area contributed by atoms with Gasteiger partial charge in [-0.3, -0.25) is 0 Å². The molecule has 0 spiro atoms. The van der Waals surface area contributed by atoms with E-state index in [0.717, 1.165) is 14.0 Å². The fraction of sp³-hybridized carbons (Fsp3) is 0. The van der Waals surface area contributed by atoms with E-state index in [1.165, 1.54) is 0 Å². The second-order valence-electron chi connectivity index (χ2n) is 1.13. The van der Waals surface area contributed by atoms with E-state index < -0.39 is 0 Å². The normalized spacial score (nSPS) is 15.7. The van der Waals surface area contributed by atoms with Crippen LogP contribution in [0.25, 0.3) is 0 Å². The minimum atomic E-state index is 0.741. The lowest BCUT2D eigenvalue weighted by Crippen LogP contribution is -2.06. The highest BCUT2D eigenvalue weighted by Gasteiger charge is 1.77. The van der Waals surface area contributed by atoms with Crippen molar-refractivity contribution >= 4 is 19.7 Å². The third kappa shape index (κ3) is 0.516. The zero-order valence-corrected chi connectivity index (χ0v) is 4.31. The maximum atomic E-state index is 5.35. The Morgan fingerprint density at radius 3 is 2.67 bits per heavy atom. The van der Waals surface area contributed by atoms with Gasteiger partial charge in [0.05, 0.1) is 0 Å². The lowest BCUT2D eigenvalue weighted by Gasteiger charge is -1.72. The van der Waals surface area contributed by atoms with Crippen LogP contribution < -0.4 is 5.73 Å². The van der Waals surface area contributed by atoms with Gasteiger partial charge in [0, 0.05) is 5.29 Å². The summed E-state index contributed by atoms with van der Waals surface area (Å²) in [6.07, 6.45) is 3.91. The molecule has 0 saturated carbocycles. The van der Waals surface area contributed by atoms with Gasteiger partial charge in [0.15, 0.2) is 0 Å². The average molecular weight is 95.2 g/mol. The summed E-state index contributed by atoms with van der Waals surface area (Å²) >= 11 is 0. The quantitative estimate of drug-likeness (QED) is 0.390. The Labute approximate surface area is 38.5 Å². The van der Waals surface area contributed by atoms with Crippen molar-refractivity contribution in [3.8, 4) is 0 Å². The van der Waals surface area contributed by atoms with Crippen molar-refractivity contribution in [1.82, 2.24) is 0 Å². The summed E-state index contributed by atoms with van der Waals surface area (Å²) in [5.41, 5.74) is 7.41. The lowest BCUT2D eigenvalue weighted by molar-refractivity contribution is 1.83. The van der Waals surface area contributed by atoms with Crippen molar-refractivity contribution in [2.75, 3.05) is 0 Å². The van der Waals surface area contributed by atoms with Crippen molar-refractivity contribution in [3.63, 3.8) is 0 Å². The Kier molecular flexibility index (Phi) is 0.799.